The number of anilines is 1. The Morgan fingerprint density at radius 3 is 2.38 bits per heavy atom. The van der Waals surface area contributed by atoms with Gasteiger partial charge in [-0.05, 0) is 51.0 Å². The molecule has 3 aromatic rings. The summed E-state index contributed by atoms with van der Waals surface area (Å²) >= 11 is 0. The number of rotatable bonds is 5. The van der Waals surface area contributed by atoms with Gasteiger partial charge in [0.15, 0.2) is 5.69 Å². The van der Waals surface area contributed by atoms with E-state index in [4.69, 9.17) is 4.74 Å². The normalized spacial score (nSPS) is 14.1. The first-order valence-electron chi connectivity index (χ1n) is 10.6. The van der Waals surface area contributed by atoms with Gasteiger partial charge in [-0.25, -0.2) is 9.36 Å². The van der Waals surface area contributed by atoms with E-state index < -0.39 is 5.91 Å². The molecule has 2 aromatic heterocycles. The Bertz CT molecular complexity index is 1150. The highest BCUT2D eigenvalue weighted by Crippen LogP contribution is 2.28. The first-order chi connectivity index (χ1) is 14.9. The van der Waals surface area contributed by atoms with Gasteiger partial charge in [-0.2, -0.15) is 0 Å². The Kier molecular flexibility index (Phi) is 6.86. The van der Waals surface area contributed by atoms with Crippen LogP contribution in [0.3, 0.4) is 0 Å². The second kappa shape index (κ2) is 9.42. The van der Waals surface area contributed by atoms with Crippen LogP contribution in [-0.4, -0.2) is 37.4 Å². The molecule has 0 bridgehead atoms. The summed E-state index contributed by atoms with van der Waals surface area (Å²) in [5.74, 6) is 0.284. The van der Waals surface area contributed by atoms with Crippen molar-refractivity contribution in [3.05, 3.63) is 51.7 Å². The second-order valence-electron chi connectivity index (χ2n) is 8.01. The van der Waals surface area contributed by atoms with Gasteiger partial charge >= 0.3 is 0 Å². The first-order valence-corrected chi connectivity index (χ1v) is 10.6. The van der Waals surface area contributed by atoms with Gasteiger partial charge in [0.25, 0.3) is 11.5 Å². The minimum atomic E-state index is -0.446. The van der Waals surface area contributed by atoms with Crippen molar-refractivity contribution in [2.75, 3.05) is 12.4 Å². The van der Waals surface area contributed by atoms with Gasteiger partial charge in [-0.3, -0.25) is 14.3 Å². The number of aromatic nitrogens is 5. The fourth-order valence-corrected chi connectivity index (χ4v) is 4.29. The molecule has 9 nitrogen and oxygen atoms in total. The average molecular weight is 441 g/mol. The zero-order valence-electron chi connectivity index (χ0n) is 18.4. The number of methoxy groups -OCH3 is 1. The summed E-state index contributed by atoms with van der Waals surface area (Å²) in [4.78, 5) is 26.1. The SMILES string of the molecule is C.COc1ccc(-n2nnc(C(=O)Nc3c(C)n(C)n(C4CCCCC4)c3=O)c2C)cc1. The quantitative estimate of drug-likeness (QED) is 0.651. The highest BCUT2D eigenvalue weighted by Gasteiger charge is 2.26. The summed E-state index contributed by atoms with van der Waals surface area (Å²) in [6.07, 6.45) is 5.43. The van der Waals surface area contributed by atoms with E-state index in [2.05, 4.69) is 15.6 Å². The number of nitrogens with zero attached hydrogens (tertiary/aromatic N) is 5. The average Bonchev–Trinajstić information content (AvgIpc) is 3.27. The molecule has 2 heterocycles. The summed E-state index contributed by atoms with van der Waals surface area (Å²) in [6.45, 7) is 3.62. The molecule has 1 N–H and O–H groups in total. The number of hydrogen-bond acceptors (Lipinski definition) is 5. The molecule has 1 fully saturated rings. The maximum absolute atomic E-state index is 13.1. The summed E-state index contributed by atoms with van der Waals surface area (Å²) < 4.78 is 10.4. The van der Waals surface area contributed by atoms with Crippen molar-refractivity contribution in [1.82, 2.24) is 24.4 Å². The fourth-order valence-electron chi connectivity index (χ4n) is 4.29. The molecule has 0 saturated heterocycles. The van der Waals surface area contributed by atoms with Crippen LogP contribution in [0.15, 0.2) is 29.1 Å². The zero-order chi connectivity index (χ0) is 22.1. The van der Waals surface area contributed by atoms with Gasteiger partial charge in [0.05, 0.1) is 30.2 Å². The third-order valence-corrected chi connectivity index (χ3v) is 6.18. The molecule has 32 heavy (non-hydrogen) atoms. The van der Waals surface area contributed by atoms with E-state index in [1.807, 2.05) is 42.9 Å². The van der Waals surface area contributed by atoms with Gasteiger partial charge in [0.2, 0.25) is 0 Å². The summed E-state index contributed by atoms with van der Waals surface area (Å²) in [5, 5.41) is 11.0. The number of benzene rings is 1. The van der Waals surface area contributed by atoms with Crippen LogP contribution in [-0.2, 0) is 7.05 Å². The number of nitrogens with one attached hydrogen (secondary N) is 1. The minimum absolute atomic E-state index is 0. The lowest BCUT2D eigenvalue weighted by molar-refractivity contribution is 0.102. The number of carbonyl (C=O) groups excluding carboxylic acids is 1. The van der Waals surface area contributed by atoms with Crippen LogP contribution in [0.25, 0.3) is 5.69 Å². The lowest BCUT2D eigenvalue weighted by Crippen LogP contribution is -2.29. The Balaban J connectivity index is 0.00000289. The van der Waals surface area contributed by atoms with Crippen molar-refractivity contribution in [3.8, 4) is 11.4 Å². The predicted molar refractivity (Wildman–Crippen MR) is 124 cm³/mol. The Morgan fingerprint density at radius 2 is 1.75 bits per heavy atom. The van der Waals surface area contributed by atoms with E-state index in [-0.39, 0.29) is 24.7 Å². The highest BCUT2D eigenvalue weighted by molar-refractivity contribution is 6.03. The third kappa shape index (κ3) is 4.06. The molecule has 9 heteroatoms. The smallest absolute Gasteiger partial charge is 0.291 e. The van der Waals surface area contributed by atoms with E-state index >= 15 is 0 Å². The Hall–Kier alpha value is -3.36. The van der Waals surface area contributed by atoms with E-state index in [0.29, 0.717) is 11.4 Å². The van der Waals surface area contributed by atoms with E-state index in [1.165, 1.54) is 6.42 Å². The Labute approximate surface area is 188 Å². The van der Waals surface area contributed by atoms with Crippen molar-refractivity contribution in [2.45, 2.75) is 59.4 Å². The van der Waals surface area contributed by atoms with Gasteiger partial charge in [0.1, 0.15) is 11.4 Å². The fraction of sp³-hybridized carbons (Fsp3) is 0.478. The van der Waals surface area contributed by atoms with Crippen LogP contribution in [0.5, 0.6) is 5.75 Å². The maximum Gasteiger partial charge on any atom is 0.291 e. The number of amides is 1. The molecule has 0 aliphatic heterocycles. The molecular weight excluding hydrogens is 408 g/mol. The molecule has 0 spiro atoms. The molecule has 0 radical (unpaired) electrons. The molecule has 1 aliphatic carbocycles. The van der Waals surface area contributed by atoms with Crippen molar-refractivity contribution in [2.24, 2.45) is 7.05 Å². The van der Waals surface area contributed by atoms with E-state index in [9.17, 15) is 9.59 Å². The molecular formula is C23H32N6O3. The van der Waals surface area contributed by atoms with Crippen molar-refractivity contribution in [1.29, 1.82) is 0 Å². The number of ether oxygens (including phenoxy) is 1. The predicted octanol–water partition coefficient (Wildman–Crippen LogP) is 3.79. The third-order valence-electron chi connectivity index (χ3n) is 6.18. The second-order valence-corrected chi connectivity index (χ2v) is 8.01. The van der Waals surface area contributed by atoms with Crippen LogP contribution in [0.4, 0.5) is 5.69 Å². The highest BCUT2D eigenvalue weighted by atomic mass is 16.5. The number of hydrogen-bond donors (Lipinski definition) is 1. The monoisotopic (exact) mass is 440 g/mol. The summed E-state index contributed by atoms with van der Waals surface area (Å²) in [7, 11) is 3.47. The Morgan fingerprint density at radius 1 is 1.09 bits per heavy atom. The summed E-state index contributed by atoms with van der Waals surface area (Å²) in [6, 6.07) is 7.49. The molecule has 1 saturated carbocycles. The first kappa shape index (κ1) is 23.3. The molecule has 1 amide bonds. The van der Waals surface area contributed by atoms with Crippen LogP contribution in [0.2, 0.25) is 0 Å². The topological polar surface area (TPSA) is 96.0 Å². The molecule has 1 aromatic carbocycles. The van der Waals surface area contributed by atoms with Gasteiger partial charge in [-0.1, -0.05) is 31.9 Å². The molecule has 0 unspecified atom stereocenters. The van der Waals surface area contributed by atoms with Crippen molar-refractivity contribution < 1.29 is 9.53 Å². The van der Waals surface area contributed by atoms with E-state index in [1.54, 1.807) is 23.4 Å². The number of carbonyl (C=O) groups is 1. The largest absolute Gasteiger partial charge is 0.497 e. The van der Waals surface area contributed by atoms with Crippen molar-refractivity contribution >= 4 is 11.6 Å². The zero-order valence-corrected chi connectivity index (χ0v) is 18.4. The van der Waals surface area contributed by atoms with Crippen LogP contribution >= 0.6 is 0 Å². The molecule has 172 valence electrons. The van der Waals surface area contributed by atoms with Gasteiger partial charge in [0, 0.05) is 7.05 Å². The van der Waals surface area contributed by atoms with Crippen LogP contribution in [0, 0.1) is 13.8 Å². The van der Waals surface area contributed by atoms with E-state index in [0.717, 1.165) is 42.8 Å². The van der Waals surface area contributed by atoms with Crippen LogP contribution < -0.4 is 15.6 Å². The van der Waals surface area contributed by atoms with Gasteiger partial charge in [-0.15, -0.1) is 5.10 Å². The lowest BCUT2D eigenvalue weighted by Gasteiger charge is -2.24. The standard InChI is InChI=1S/C22H28N6O3.CH4/c1-14-20(22(30)28(26(14)3)17-8-6-5-7-9-17)23-21(29)19-15(2)27(25-24-19)16-10-12-18(31-4)13-11-16;/h10-13,17H,5-9H2,1-4H3,(H,23,29);1H4. The maximum atomic E-state index is 13.1. The van der Waals surface area contributed by atoms with Crippen LogP contribution in [0.1, 0.15) is 67.4 Å². The molecule has 1 aliphatic rings. The molecule has 4 rings (SSSR count). The van der Waals surface area contributed by atoms with Gasteiger partial charge < -0.3 is 10.1 Å². The minimum Gasteiger partial charge on any atom is -0.497 e. The van der Waals surface area contributed by atoms with Crippen molar-refractivity contribution in [3.63, 3.8) is 0 Å². The molecule has 0 atom stereocenters. The summed E-state index contributed by atoms with van der Waals surface area (Å²) in [5.41, 5.74) is 2.40. The lowest BCUT2D eigenvalue weighted by atomic mass is 9.96.